The summed E-state index contributed by atoms with van der Waals surface area (Å²) in [4.78, 5) is 8.63. The fourth-order valence-corrected chi connectivity index (χ4v) is 3.96. The predicted octanol–water partition coefficient (Wildman–Crippen LogP) is 7.69. The number of pyridine rings is 2. The Kier molecular flexibility index (Phi) is 9.04. The molecule has 39 heavy (non-hydrogen) atoms. The van der Waals surface area contributed by atoms with Gasteiger partial charge in [-0.05, 0) is 49.1 Å². The van der Waals surface area contributed by atoms with Crippen LogP contribution >= 0.6 is 0 Å². The zero-order valence-electron chi connectivity index (χ0n) is 25.9. The zero-order chi connectivity index (χ0) is 29.1. The molecule has 0 atom stereocenters. The largest absolute Gasteiger partial charge is 0.481 e. The summed E-state index contributed by atoms with van der Waals surface area (Å²) in [6.45, 7) is 23.8. The van der Waals surface area contributed by atoms with Crippen LogP contribution in [-0.2, 0) is 10.8 Å². The smallest absolute Gasteiger partial charge is 0.213 e. The standard InChI is InChI=1S/C16H23N3O.C16H23N3/c1-11(2)13-9-14(16(3,4)5)18-19(13)12-7-8-15(20-6)17-10-12;1-11(2)14-9-15(16(4,5)6)18-19(14)13-8-7-12(3)17-10-13/h7-11H,1-6H3;7-11H,1-6H3. The molecule has 0 aliphatic carbocycles. The minimum absolute atomic E-state index is 0.0365. The maximum Gasteiger partial charge on any atom is 0.213 e. The van der Waals surface area contributed by atoms with Crippen molar-refractivity contribution in [2.75, 3.05) is 7.11 Å². The lowest BCUT2D eigenvalue weighted by Crippen LogP contribution is -2.12. The van der Waals surface area contributed by atoms with Crippen molar-refractivity contribution in [1.29, 1.82) is 0 Å². The molecule has 0 N–H and O–H groups in total. The van der Waals surface area contributed by atoms with Crippen LogP contribution in [0.15, 0.2) is 48.8 Å². The molecule has 0 bridgehead atoms. The minimum atomic E-state index is 0.0365. The Morgan fingerprint density at radius 3 is 1.41 bits per heavy atom. The van der Waals surface area contributed by atoms with E-state index in [1.807, 2.05) is 40.7 Å². The fraction of sp³-hybridized carbons (Fsp3) is 0.500. The number of ether oxygens (including phenoxy) is 1. The summed E-state index contributed by atoms with van der Waals surface area (Å²) in [7, 11) is 1.62. The number of hydrogen-bond acceptors (Lipinski definition) is 5. The van der Waals surface area contributed by atoms with E-state index in [0.29, 0.717) is 17.7 Å². The molecule has 0 saturated heterocycles. The predicted molar refractivity (Wildman–Crippen MR) is 160 cm³/mol. The van der Waals surface area contributed by atoms with Crippen molar-refractivity contribution >= 4 is 0 Å². The Labute approximate surface area is 234 Å². The molecule has 0 fully saturated rings. The van der Waals surface area contributed by atoms with Crippen LogP contribution in [-0.4, -0.2) is 36.6 Å². The molecule has 0 radical (unpaired) electrons. The van der Waals surface area contributed by atoms with Crippen molar-refractivity contribution in [1.82, 2.24) is 29.5 Å². The van der Waals surface area contributed by atoms with Crippen LogP contribution in [0, 0.1) is 6.92 Å². The number of hydrogen-bond donors (Lipinski definition) is 0. The Bertz CT molecular complexity index is 1350. The Balaban J connectivity index is 0.000000216. The lowest BCUT2D eigenvalue weighted by molar-refractivity contribution is 0.397. The summed E-state index contributed by atoms with van der Waals surface area (Å²) in [5.41, 5.74) is 7.76. The van der Waals surface area contributed by atoms with Crippen molar-refractivity contribution in [3.63, 3.8) is 0 Å². The van der Waals surface area contributed by atoms with Gasteiger partial charge in [0.25, 0.3) is 0 Å². The maximum atomic E-state index is 5.10. The summed E-state index contributed by atoms with van der Waals surface area (Å²) in [5, 5.41) is 9.54. The lowest BCUT2D eigenvalue weighted by atomic mass is 9.91. The average molecular weight is 531 g/mol. The van der Waals surface area contributed by atoms with E-state index in [2.05, 4.69) is 97.4 Å². The molecule has 7 nitrogen and oxygen atoms in total. The Morgan fingerprint density at radius 2 is 1.10 bits per heavy atom. The van der Waals surface area contributed by atoms with Gasteiger partial charge in [-0.1, -0.05) is 69.2 Å². The second kappa shape index (κ2) is 11.7. The quantitative estimate of drug-likeness (QED) is 0.264. The number of methoxy groups -OCH3 is 1. The number of rotatable bonds is 5. The highest BCUT2D eigenvalue weighted by Gasteiger charge is 2.23. The van der Waals surface area contributed by atoms with Gasteiger partial charge in [0.1, 0.15) is 0 Å². The van der Waals surface area contributed by atoms with E-state index in [4.69, 9.17) is 14.9 Å². The number of nitrogens with zero attached hydrogens (tertiary/aromatic N) is 6. The highest BCUT2D eigenvalue weighted by molar-refractivity contribution is 5.36. The van der Waals surface area contributed by atoms with Gasteiger partial charge in [-0.25, -0.2) is 14.3 Å². The molecule has 4 heterocycles. The number of aryl methyl sites for hydroxylation is 1. The SMILES string of the molecule is COc1ccc(-n2nc(C(C)(C)C)cc2C(C)C)cn1.Cc1ccc(-n2nc(C(C)(C)C)cc2C(C)C)cn1. The van der Waals surface area contributed by atoms with Gasteiger partial charge < -0.3 is 4.74 Å². The van der Waals surface area contributed by atoms with Crippen molar-refractivity contribution in [3.05, 3.63) is 77.3 Å². The Morgan fingerprint density at radius 1 is 0.667 bits per heavy atom. The molecule has 7 heteroatoms. The summed E-state index contributed by atoms with van der Waals surface area (Å²) in [5.74, 6) is 1.45. The van der Waals surface area contributed by atoms with Gasteiger partial charge in [0, 0.05) is 34.0 Å². The molecule has 0 aliphatic rings. The molecule has 0 amide bonds. The molecule has 0 aliphatic heterocycles. The monoisotopic (exact) mass is 530 g/mol. The molecule has 210 valence electrons. The van der Waals surface area contributed by atoms with Crippen LogP contribution in [0.5, 0.6) is 5.88 Å². The van der Waals surface area contributed by atoms with Crippen molar-refractivity contribution in [3.8, 4) is 17.3 Å². The van der Waals surface area contributed by atoms with Crippen molar-refractivity contribution in [2.45, 2.75) is 98.8 Å². The van der Waals surface area contributed by atoms with E-state index in [-0.39, 0.29) is 10.8 Å². The van der Waals surface area contributed by atoms with E-state index in [9.17, 15) is 0 Å². The molecule has 0 spiro atoms. The second-order valence-electron chi connectivity index (χ2n) is 12.8. The second-order valence-corrected chi connectivity index (χ2v) is 12.8. The van der Waals surface area contributed by atoms with Gasteiger partial charge in [0.15, 0.2) is 0 Å². The summed E-state index contributed by atoms with van der Waals surface area (Å²) in [6, 6.07) is 12.3. The highest BCUT2D eigenvalue weighted by Crippen LogP contribution is 2.28. The first-order chi connectivity index (χ1) is 18.1. The van der Waals surface area contributed by atoms with Gasteiger partial charge in [-0.2, -0.15) is 10.2 Å². The van der Waals surface area contributed by atoms with Crippen LogP contribution < -0.4 is 4.74 Å². The topological polar surface area (TPSA) is 70.7 Å². The van der Waals surface area contributed by atoms with Gasteiger partial charge >= 0.3 is 0 Å². The van der Waals surface area contributed by atoms with Gasteiger partial charge in [0.2, 0.25) is 5.88 Å². The van der Waals surface area contributed by atoms with E-state index < -0.39 is 0 Å². The summed E-state index contributed by atoms with van der Waals surface area (Å²) >= 11 is 0. The van der Waals surface area contributed by atoms with Crippen LogP contribution in [0.25, 0.3) is 11.4 Å². The van der Waals surface area contributed by atoms with Gasteiger partial charge in [-0.3, -0.25) is 4.98 Å². The first-order valence-electron chi connectivity index (χ1n) is 13.8. The molecular formula is C32H46N6O. The Hall–Kier alpha value is -3.48. The third-order valence-electron chi connectivity index (χ3n) is 6.51. The van der Waals surface area contributed by atoms with Crippen LogP contribution in [0.1, 0.15) is 110 Å². The van der Waals surface area contributed by atoms with Gasteiger partial charge in [0.05, 0.1) is 42.3 Å². The number of aromatic nitrogens is 6. The van der Waals surface area contributed by atoms with Crippen LogP contribution in [0.2, 0.25) is 0 Å². The summed E-state index contributed by atoms with van der Waals surface area (Å²) < 4.78 is 9.11. The third kappa shape index (κ3) is 7.34. The molecule has 4 rings (SSSR count). The lowest BCUT2D eigenvalue weighted by Gasteiger charge is -2.14. The molecule has 4 aromatic heterocycles. The summed E-state index contributed by atoms with van der Waals surface area (Å²) in [6.07, 6.45) is 3.69. The average Bonchev–Trinajstić information content (AvgIpc) is 3.51. The van der Waals surface area contributed by atoms with E-state index in [1.165, 1.54) is 11.4 Å². The maximum absolute atomic E-state index is 5.10. The third-order valence-corrected chi connectivity index (χ3v) is 6.51. The first-order valence-corrected chi connectivity index (χ1v) is 13.8. The van der Waals surface area contributed by atoms with E-state index in [1.54, 1.807) is 13.3 Å². The first kappa shape index (κ1) is 30.1. The van der Waals surface area contributed by atoms with Gasteiger partial charge in [-0.15, -0.1) is 0 Å². The molecular weight excluding hydrogens is 484 g/mol. The normalized spacial score (nSPS) is 12.1. The zero-order valence-corrected chi connectivity index (χ0v) is 25.9. The van der Waals surface area contributed by atoms with Crippen LogP contribution in [0.4, 0.5) is 0 Å². The minimum Gasteiger partial charge on any atom is -0.481 e. The molecule has 0 aromatic carbocycles. The van der Waals surface area contributed by atoms with E-state index >= 15 is 0 Å². The molecule has 0 saturated carbocycles. The van der Waals surface area contributed by atoms with Crippen molar-refractivity contribution < 1.29 is 4.74 Å². The molecule has 0 unspecified atom stereocenters. The van der Waals surface area contributed by atoms with Crippen LogP contribution in [0.3, 0.4) is 0 Å². The fourth-order valence-electron chi connectivity index (χ4n) is 3.96. The van der Waals surface area contributed by atoms with Crippen molar-refractivity contribution in [2.24, 2.45) is 0 Å². The molecule has 4 aromatic rings. The van der Waals surface area contributed by atoms with E-state index in [0.717, 1.165) is 28.5 Å². The highest BCUT2D eigenvalue weighted by atomic mass is 16.5.